The molecule has 1 atom stereocenters. The van der Waals surface area contributed by atoms with Gasteiger partial charge in [0.2, 0.25) is 6.10 Å². The molecule has 1 heterocycles. The van der Waals surface area contributed by atoms with Crippen molar-refractivity contribution in [3.8, 4) is 0 Å². The van der Waals surface area contributed by atoms with Crippen LogP contribution in [0.3, 0.4) is 0 Å². The van der Waals surface area contributed by atoms with E-state index in [2.05, 4.69) is 0 Å². The Hall–Kier alpha value is -3.48. The van der Waals surface area contributed by atoms with Gasteiger partial charge in [-0.2, -0.15) is 0 Å². The van der Waals surface area contributed by atoms with E-state index in [0.29, 0.717) is 16.7 Å². The highest BCUT2D eigenvalue weighted by Crippen LogP contribution is 2.24. The molecule has 0 spiro atoms. The van der Waals surface area contributed by atoms with Gasteiger partial charge in [-0.05, 0) is 12.1 Å². The van der Waals surface area contributed by atoms with Gasteiger partial charge < -0.3 is 9.64 Å². The van der Waals surface area contributed by atoms with Gasteiger partial charge in [-0.15, -0.1) is 0 Å². The largest absolute Gasteiger partial charge is 0.447 e. The highest BCUT2D eigenvalue weighted by atomic mass is 16.5. The Balaban J connectivity index is 1.67. The summed E-state index contributed by atoms with van der Waals surface area (Å²) in [5.41, 5.74) is 1.20. The van der Waals surface area contributed by atoms with Crippen molar-refractivity contribution in [3.63, 3.8) is 0 Å². The Morgan fingerprint density at radius 3 is 2.00 bits per heavy atom. The van der Waals surface area contributed by atoms with Crippen LogP contribution in [-0.2, 0) is 14.3 Å². The minimum atomic E-state index is -1.08. The SMILES string of the molecule is CN(C)C(=O)C(OC(=O)CCN1C(=O)c2ccccc2C1=O)c1ccccc1. The lowest BCUT2D eigenvalue weighted by Crippen LogP contribution is -2.34. The number of hydrogen-bond acceptors (Lipinski definition) is 5. The second-order valence-corrected chi connectivity index (χ2v) is 6.57. The Labute approximate surface area is 162 Å². The standard InChI is InChI=1S/C21H20N2O5/c1-22(2)21(27)18(14-8-4-3-5-9-14)28-17(24)12-13-23-19(25)15-10-6-7-11-16(15)20(23)26/h3-11,18H,12-13H2,1-2H3. The van der Waals surface area contributed by atoms with Crippen molar-refractivity contribution in [2.45, 2.75) is 12.5 Å². The number of ether oxygens (including phenoxy) is 1. The molecule has 144 valence electrons. The van der Waals surface area contributed by atoms with Crippen molar-refractivity contribution in [3.05, 3.63) is 71.3 Å². The van der Waals surface area contributed by atoms with Gasteiger partial charge >= 0.3 is 5.97 Å². The van der Waals surface area contributed by atoms with E-state index in [-0.39, 0.29) is 18.9 Å². The summed E-state index contributed by atoms with van der Waals surface area (Å²) in [7, 11) is 3.15. The van der Waals surface area contributed by atoms with Crippen LogP contribution in [-0.4, -0.2) is 54.1 Å². The van der Waals surface area contributed by atoms with Gasteiger partial charge in [-0.3, -0.25) is 24.1 Å². The predicted molar refractivity (Wildman–Crippen MR) is 100 cm³/mol. The summed E-state index contributed by atoms with van der Waals surface area (Å²) >= 11 is 0. The fourth-order valence-electron chi connectivity index (χ4n) is 2.96. The fourth-order valence-corrected chi connectivity index (χ4v) is 2.96. The van der Waals surface area contributed by atoms with E-state index < -0.39 is 23.9 Å². The van der Waals surface area contributed by atoms with E-state index in [1.807, 2.05) is 0 Å². The molecule has 0 aromatic heterocycles. The molecular weight excluding hydrogens is 360 g/mol. The van der Waals surface area contributed by atoms with Gasteiger partial charge in [0.05, 0.1) is 17.5 Å². The molecule has 0 N–H and O–H groups in total. The number of carbonyl (C=O) groups excluding carboxylic acids is 4. The topological polar surface area (TPSA) is 84.0 Å². The van der Waals surface area contributed by atoms with Gasteiger partial charge in [-0.25, -0.2) is 0 Å². The zero-order valence-electron chi connectivity index (χ0n) is 15.6. The van der Waals surface area contributed by atoms with Crippen LogP contribution in [0.25, 0.3) is 0 Å². The molecule has 0 radical (unpaired) electrons. The van der Waals surface area contributed by atoms with Crippen molar-refractivity contribution in [1.29, 1.82) is 0 Å². The summed E-state index contributed by atoms with van der Waals surface area (Å²) in [5, 5.41) is 0. The number of fused-ring (bicyclic) bond motifs is 1. The number of benzene rings is 2. The van der Waals surface area contributed by atoms with Gasteiger partial charge in [0, 0.05) is 26.2 Å². The van der Waals surface area contributed by atoms with Crippen LogP contribution < -0.4 is 0 Å². The first-order chi connectivity index (χ1) is 13.4. The molecule has 7 nitrogen and oxygen atoms in total. The molecule has 1 aliphatic heterocycles. The lowest BCUT2D eigenvalue weighted by atomic mass is 10.1. The first-order valence-corrected chi connectivity index (χ1v) is 8.81. The third-order valence-electron chi connectivity index (χ3n) is 4.43. The van der Waals surface area contributed by atoms with Crippen molar-refractivity contribution >= 4 is 23.7 Å². The molecule has 2 aromatic carbocycles. The van der Waals surface area contributed by atoms with Crippen LogP contribution in [0.2, 0.25) is 0 Å². The van der Waals surface area contributed by atoms with Gasteiger partial charge in [0.15, 0.2) is 0 Å². The first-order valence-electron chi connectivity index (χ1n) is 8.81. The van der Waals surface area contributed by atoms with E-state index in [9.17, 15) is 19.2 Å². The number of hydrogen-bond donors (Lipinski definition) is 0. The average Bonchev–Trinajstić information content (AvgIpc) is 2.95. The molecule has 0 saturated carbocycles. The lowest BCUT2D eigenvalue weighted by Gasteiger charge is -2.21. The van der Waals surface area contributed by atoms with E-state index >= 15 is 0 Å². The lowest BCUT2D eigenvalue weighted by molar-refractivity contribution is -0.159. The third kappa shape index (κ3) is 3.78. The monoisotopic (exact) mass is 380 g/mol. The summed E-state index contributed by atoms with van der Waals surface area (Å²) in [4.78, 5) is 51.9. The molecule has 0 bridgehead atoms. The first kappa shape index (κ1) is 19.3. The zero-order valence-corrected chi connectivity index (χ0v) is 15.6. The maximum absolute atomic E-state index is 12.4. The number of esters is 1. The van der Waals surface area contributed by atoms with Crippen LogP contribution in [0.5, 0.6) is 0 Å². The Bertz CT molecular complexity index is 888. The van der Waals surface area contributed by atoms with Crippen LogP contribution >= 0.6 is 0 Å². The van der Waals surface area contributed by atoms with Crippen molar-refractivity contribution < 1.29 is 23.9 Å². The van der Waals surface area contributed by atoms with E-state index in [1.54, 1.807) is 68.7 Å². The smallest absolute Gasteiger partial charge is 0.308 e. The highest BCUT2D eigenvalue weighted by Gasteiger charge is 2.35. The molecule has 0 aliphatic carbocycles. The number of nitrogens with zero attached hydrogens (tertiary/aromatic N) is 2. The van der Waals surface area contributed by atoms with E-state index in [1.165, 1.54) is 4.90 Å². The molecule has 7 heteroatoms. The Morgan fingerprint density at radius 2 is 1.46 bits per heavy atom. The van der Waals surface area contributed by atoms with Gasteiger partial charge in [0.25, 0.3) is 17.7 Å². The maximum Gasteiger partial charge on any atom is 0.308 e. The Morgan fingerprint density at radius 1 is 0.929 bits per heavy atom. The van der Waals surface area contributed by atoms with Crippen LogP contribution in [0.1, 0.15) is 38.8 Å². The second-order valence-electron chi connectivity index (χ2n) is 6.57. The number of imide groups is 1. The number of likely N-dealkylation sites (N-methyl/N-ethyl adjacent to an activating group) is 1. The molecule has 3 rings (SSSR count). The molecule has 0 fully saturated rings. The molecule has 3 amide bonds. The summed E-state index contributed by atoms with van der Waals surface area (Å²) in [5.74, 6) is -1.91. The second kappa shape index (κ2) is 8.04. The maximum atomic E-state index is 12.4. The summed E-state index contributed by atoms with van der Waals surface area (Å²) in [6.45, 7) is -0.108. The third-order valence-corrected chi connectivity index (χ3v) is 4.43. The van der Waals surface area contributed by atoms with Crippen molar-refractivity contribution in [2.24, 2.45) is 0 Å². The minimum Gasteiger partial charge on any atom is -0.447 e. The number of rotatable bonds is 6. The molecule has 2 aromatic rings. The fraction of sp³-hybridized carbons (Fsp3) is 0.238. The Kier molecular flexibility index (Phi) is 5.54. The van der Waals surface area contributed by atoms with Crippen molar-refractivity contribution in [1.82, 2.24) is 9.80 Å². The highest BCUT2D eigenvalue weighted by molar-refractivity contribution is 6.21. The normalized spacial score (nSPS) is 13.9. The van der Waals surface area contributed by atoms with Gasteiger partial charge in [0.1, 0.15) is 0 Å². The van der Waals surface area contributed by atoms with Crippen LogP contribution in [0.15, 0.2) is 54.6 Å². The predicted octanol–water partition coefficient (Wildman–Crippen LogP) is 2.05. The van der Waals surface area contributed by atoms with Crippen LogP contribution in [0, 0.1) is 0 Å². The average molecular weight is 380 g/mol. The summed E-state index contributed by atoms with van der Waals surface area (Å²) in [6, 6.07) is 15.2. The molecule has 0 saturated heterocycles. The number of carbonyl (C=O) groups is 4. The molecule has 28 heavy (non-hydrogen) atoms. The van der Waals surface area contributed by atoms with E-state index in [0.717, 1.165) is 4.90 Å². The molecule has 1 aliphatic rings. The molecular formula is C21H20N2O5. The van der Waals surface area contributed by atoms with Crippen LogP contribution in [0.4, 0.5) is 0 Å². The summed E-state index contributed by atoms with van der Waals surface area (Å²) < 4.78 is 5.39. The van der Waals surface area contributed by atoms with Crippen molar-refractivity contribution in [2.75, 3.05) is 20.6 Å². The van der Waals surface area contributed by atoms with Gasteiger partial charge in [-0.1, -0.05) is 42.5 Å². The number of amides is 3. The summed E-state index contributed by atoms with van der Waals surface area (Å²) in [6.07, 6.45) is -1.28. The minimum absolute atomic E-state index is 0.108. The molecule has 1 unspecified atom stereocenters. The van der Waals surface area contributed by atoms with E-state index in [4.69, 9.17) is 4.74 Å². The zero-order chi connectivity index (χ0) is 20.3. The quantitative estimate of drug-likeness (QED) is 0.566.